The number of ether oxygens (including phenoxy) is 1. The molecule has 0 bridgehead atoms. The Labute approximate surface area is 141 Å². The van der Waals surface area contributed by atoms with Crippen LogP contribution in [0.15, 0.2) is 29.6 Å². The highest BCUT2D eigenvalue weighted by molar-refractivity contribution is 7.13. The van der Waals surface area contributed by atoms with Gasteiger partial charge in [0.15, 0.2) is 0 Å². The summed E-state index contributed by atoms with van der Waals surface area (Å²) in [7, 11) is 1.65. The highest BCUT2D eigenvalue weighted by atomic mass is 32.1. The molecule has 0 atom stereocenters. The molecule has 1 saturated carbocycles. The number of hydrogen-bond acceptors (Lipinski definition) is 4. The van der Waals surface area contributed by atoms with Crippen molar-refractivity contribution >= 4 is 17.2 Å². The molecule has 1 aromatic heterocycles. The molecule has 0 radical (unpaired) electrons. The SMILES string of the molecule is COc1ccc(-c2nc(C(=O)N(CC(C)C)C3CC3)cs2)cc1. The van der Waals surface area contributed by atoms with Crippen LogP contribution in [0.3, 0.4) is 0 Å². The maximum Gasteiger partial charge on any atom is 0.273 e. The molecule has 1 aliphatic rings. The highest BCUT2D eigenvalue weighted by Gasteiger charge is 2.34. The average molecular weight is 330 g/mol. The number of amides is 1. The van der Waals surface area contributed by atoms with E-state index in [1.807, 2.05) is 34.5 Å². The Morgan fingerprint density at radius 2 is 2.04 bits per heavy atom. The molecule has 4 nitrogen and oxygen atoms in total. The van der Waals surface area contributed by atoms with Crippen LogP contribution in [0.4, 0.5) is 0 Å². The van der Waals surface area contributed by atoms with Gasteiger partial charge in [-0.15, -0.1) is 11.3 Å². The molecular formula is C18H22N2O2S. The van der Waals surface area contributed by atoms with E-state index in [9.17, 15) is 4.79 Å². The largest absolute Gasteiger partial charge is 0.497 e. The van der Waals surface area contributed by atoms with E-state index in [1.165, 1.54) is 11.3 Å². The standard InChI is InChI=1S/C18H22N2O2S/c1-12(2)10-20(14-6-7-14)18(21)16-11-23-17(19-16)13-4-8-15(22-3)9-5-13/h4-5,8-9,11-12,14H,6-7,10H2,1-3H3. The van der Waals surface area contributed by atoms with E-state index >= 15 is 0 Å². The summed E-state index contributed by atoms with van der Waals surface area (Å²) in [6, 6.07) is 8.18. The summed E-state index contributed by atoms with van der Waals surface area (Å²) in [6.45, 7) is 5.10. The minimum atomic E-state index is 0.0669. The van der Waals surface area contributed by atoms with Crippen molar-refractivity contribution in [2.24, 2.45) is 5.92 Å². The summed E-state index contributed by atoms with van der Waals surface area (Å²) < 4.78 is 5.17. The maximum atomic E-state index is 12.8. The normalized spacial score (nSPS) is 14.1. The number of rotatable bonds is 6. The molecule has 1 aliphatic carbocycles. The van der Waals surface area contributed by atoms with E-state index < -0.39 is 0 Å². The Bertz CT molecular complexity index is 675. The van der Waals surface area contributed by atoms with E-state index in [4.69, 9.17) is 4.74 Å². The minimum absolute atomic E-state index is 0.0669. The van der Waals surface area contributed by atoms with Crippen LogP contribution >= 0.6 is 11.3 Å². The number of benzene rings is 1. The first-order valence-electron chi connectivity index (χ1n) is 7.99. The topological polar surface area (TPSA) is 42.4 Å². The zero-order chi connectivity index (χ0) is 16.4. The zero-order valence-electron chi connectivity index (χ0n) is 13.8. The molecule has 2 aromatic rings. The van der Waals surface area contributed by atoms with Gasteiger partial charge in [0.25, 0.3) is 5.91 Å². The molecule has 3 rings (SSSR count). The number of carbonyl (C=O) groups is 1. The van der Waals surface area contributed by atoms with Crippen LogP contribution in [-0.4, -0.2) is 35.5 Å². The number of nitrogens with zero attached hydrogens (tertiary/aromatic N) is 2. The smallest absolute Gasteiger partial charge is 0.273 e. The molecule has 1 fully saturated rings. The van der Waals surface area contributed by atoms with Gasteiger partial charge in [0.1, 0.15) is 16.5 Å². The lowest BCUT2D eigenvalue weighted by atomic mass is 10.2. The number of aromatic nitrogens is 1. The van der Waals surface area contributed by atoms with Crippen LogP contribution in [-0.2, 0) is 0 Å². The molecule has 0 N–H and O–H groups in total. The third-order valence-electron chi connectivity index (χ3n) is 3.87. The monoisotopic (exact) mass is 330 g/mol. The molecule has 1 heterocycles. The van der Waals surface area contributed by atoms with Crippen molar-refractivity contribution < 1.29 is 9.53 Å². The van der Waals surface area contributed by atoms with E-state index in [2.05, 4.69) is 18.8 Å². The Kier molecular flexibility index (Phi) is 4.66. The Balaban J connectivity index is 1.78. The fraction of sp³-hybridized carbons (Fsp3) is 0.444. The van der Waals surface area contributed by atoms with E-state index in [1.54, 1.807) is 7.11 Å². The van der Waals surface area contributed by atoms with Crippen molar-refractivity contribution in [3.8, 4) is 16.3 Å². The first kappa shape index (κ1) is 16.0. The minimum Gasteiger partial charge on any atom is -0.497 e. The van der Waals surface area contributed by atoms with Gasteiger partial charge in [-0.1, -0.05) is 13.8 Å². The van der Waals surface area contributed by atoms with Gasteiger partial charge in [-0.05, 0) is 43.0 Å². The van der Waals surface area contributed by atoms with Crippen molar-refractivity contribution in [2.45, 2.75) is 32.7 Å². The van der Waals surface area contributed by atoms with Gasteiger partial charge in [-0.3, -0.25) is 4.79 Å². The fourth-order valence-electron chi connectivity index (χ4n) is 2.56. The Morgan fingerprint density at radius 1 is 1.35 bits per heavy atom. The van der Waals surface area contributed by atoms with E-state index in [-0.39, 0.29) is 5.91 Å². The summed E-state index contributed by atoms with van der Waals surface area (Å²) in [5.74, 6) is 1.36. The maximum absolute atomic E-state index is 12.8. The number of thiazole rings is 1. The number of methoxy groups -OCH3 is 1. The summed E-state index contributed by atoms with van der Waals surface area (Å²) in [5.41, 5.74) is 1.57. The van der Waals surface area contributed by atoms with Gasteiger partial charge in [0.05, 0.1) is 7.11 Å². The zero-order valence-corrected chi connectivity index (χ0v) is 14.6. The third-order valence-corrected chi connectivity index (χ3v) is 4.76. The number of hydrogen-bond donors (Lipinski definition) is 0. The summed E-state index contributed by atoms with van der Waals surface area (Å²) in [4.78, 5) is 19.3. The van der Waals surface area contributed by atoms with Crippen molar-refractivity contribution in [1.29, 1.82) is 0 Å². The van der Waals surface area contributed by atoms with Crippen molar-refractivity contribution in [2.75, 3.05) is 13.7 Å². The molecule has 23 heavy (non-hydrogen) atoms. The second-order valence-electron chi connectivity index (χ2n) is 6.35. The second kappa shape index (κ2) is 6.71. The first-order chi connectivity index (χ1) is 11.1. The van der Waals surface area contributed by atoms with Crippen molar-refractivity contribution in [3.63, 3.8) is 0 Å². The fourth-order valence-corrected chi connectivity index (χ4v) is 3.36. The molecule has 5 heteroatoms. The van der Waals surface area contributed by atoms with Crippen molar-refractivity contribution in [1.82, 2.24) is 9.88 Å². The molecule has 0 spiro atoms. The predicted octanol–water partition coefficient (Wildman–Crippen LogP) is 4.08. The second-order valence-corrected chi connectivity index (χ2v) is 7.21. The van der Waals surface area contributed by atoms with Crippen LogP contribution in [0, 0.1) is 5.92 Å². The van der Waals surface area contributed by atoms with Crippen LogP contribution in [0.2, 0.25) is 0 Å². The Morgan fingerprint density at radius 3 is 2.61 bits per heavy atom. The molecular weight excluding hydrogens is 308 g/mol. The van der Waals surface area contributed by atoms with Crippen LogP contribution in [0.5, 0.6) is 5.75 Å². The van der Waals surface area contributed by atoms with Gasteiger partial charge in [0, 0.05) is 23.5 Å². The van der Waals surface area contributed by atoms with Crippen molar-refractivity contribution in [3.05, 3.63) is 35.3 Å². The van der Waals surface area contributed by atoms with E-state index in [0.717, 1.165) is 35.7 Å². The number of carbonyl (C=O) groups excluding carboxylic acids is 1. The van der Waals surface area contributed by atoms with Crippen LogP contribution in [0.1, 0.15) is 37.2 Å². The van der Waals surface area contributed by atoms with Crippen LogP contribution in [0.25, 0.3) is 10.6 Å². The molecule has 1 aromatic carbocycles. The van der Waals surface area contributed by atoms with E-state index in [0.29, 0.717) is 17.7 Å². The molecule has 1 amide bonds. The predicted molar refractivity (Wildman–Crippen MR) is 93.0 cm³/mol. The summed E-state index contributed by atoms with van der Waals surface area (Å²) >= 11 is 1.51. The summed E-state index contributed by atoms with van der Waals surface area (Å²) in [6.07, 6.45) is 2.24. The molecule has 0 aliphatic heterocycles. The van der Waals surface area contributed by atoms with Gasteiger partial charge < -0.3 is 9.64 Å². The van der Waals surface area contributed by atoms with Gasteiger partial charge >= 0.3 is 0 Å². The molecule has 0 saturated heterocycles. The lowest BCUT2D eigenvalue weighted by molar-refractivity contribution is 0.0717. The van der Waals surface area contributed by atoms with Gasteiger partial charge in [-0.25, -0.2) is 4.98 Å². The third kappa shape index (κ3) is 3.72. The van der Waals surface area contributed by atoms with Gasteiger partial charge in [0.2, 0.25) is 0 Å². The average Bonchev–Trinajstić information content (AvgIpc) is 3.28. The highest BCUT2D eigenvalue weighted by Crippen LogP contribution is 2.31. The lowest BCUT2D eigenvalue weighted by Crippen LogP contribution is -2.36. The van der Waals surface area contributed by atoms with Gasteiger partial charge in [-0.2, -0.15) is 0 Å². The quantitative estimate of drug-likeness (QED) is 0.801. The lowest BCUT2D eigenvalue weighted by Gasteiger charge is -2.23. The molecule has 122 valence electrons. The van der Waals surface area contributed by atoms with Crippen LogP contribution < -0.4 is 4.74 Å². The first-order valence-corrected chi connectivity index (χ1v) is 8.87. The summed E-state index contributed by atoms with van der Waals surface area (Å²) in [5, 5.41) is 2.74. The Hall–Kier alpha value is -1.88. The molecule has 0 unspecified atom stereocenters.